The quantitative estimate of drug-likeness (QED) is 0.386. The predicted molar refractivity (Wildman–Crippen MR) is 120 cm³/mol. The van der Waals surface area contributed by atoms with Crippen LogP contribution in [0.15, 0.2) is 65.1 Å². The smallest absolute Gasteiger partial charge is 0.291 e. The van der Waals surface area contributed by atoms with Crippen molar-refractivity contribution >= 4 is 23.2 Å². The number of anilines is 1. The number of rotatable bonds is 7. The van der Waals surface area contributed by atoms with Crippen molar-refractivity contribution in [2.45, 2.75) is 27.0 Å². The Kier molecular flexibility index (Phi) is 6.28. The molecule has 0 aliphatic rings. The molecule has 0 atom stereocenters. The van der Waals surface area contributed by atoms with Gasteiger partial charge in [0.25, 0.3) is 5.91 Å². The Balaban J connectivity index is 1.41. The second-order valence-corrected chi connectivity index (χ2v) is 7.73. The van der Waals surface area contributed by atoms with Gasteiger partial charge in [-0.25, -0.2) is 4.39 Å². The van der Waals surface area contributed by atoms with Crippen LogP contribution < -0.4 is 10.1 Å². The van der Waals surface area contributed by atoms with Gasteiger partial charge in [-0.2, -0.15) is 5.10 Å². The Morgan fingerprint density at radius 2 is 1.81 bits per heavy atom. The van der Waals surface area contributed by atoms with Crippen LogP contribution in [0, 0.1) is 19.7 Å². The van der Waals surface area contributed by atoms with E-state index in [1.165, 1.54) is 12.1 Å². The number of ether oxygens (including phenoxy) is 1. The molecule has 8 heteroatoms. The molecule has 0 bridgehead atoms. The summed E-state index contributed by atoms with van der Waals surface area (Å²) in [6.07, 6.45) is 0. The molecule has 2 aromatic heterocycles. The highest BCUT2D eigenvalue weighted by atomic mass is 35.5. The number of aromatic nitrogens is 2. The van der Waals surface area contributed by atoms with Crippen molar-refractivity contribution in [3.8, 4) is 5.75 Å². The molecule has 0 saturated heterocycles. The highest BCUT2D eigenvalue weighted by Gasteiger charge is 2.18. The normalized spacial score (nSPS) is 10.9. The molecule has 32 heavy (non-hydrogen) atoms. The molecule has 6 nitrogen and oxygen atoms in total. The average molecular weight is 454 g/mol. The number of carbonyl (C=O) groups excluding carboxylic acids is 1. The number of aryl methyl sites for hydroxylation is 1. The van der Waals surface area contributed by atoms with Gasteiger partial charge in [-0.3, -0.25) is 9.48 Å². The van der Waals surface area contributed by atoms with Gasteiger partial charge in [0.15, 0.2) is 5.76 Å². The number of carbonyl (C=O) groups is 1. The van der Waals surface area contributed by atoms with Crippen molar-refractivity contribution in [1.82, 2.24) is 9.78 Å². The summed E-state index contributed by atoms with van der Waals surface area (Å²) < 4.78 is 26.2. The number of furan rings is 1. The molecule has 0 aliphatic carbocycles. The number of benzene rings is 2. The van der Waals surface area contributed by atoms with Crippen LogP contribution >= 0.6 is 11.6 Å². The van der Waals surface area contributed by atoms with Crippen LogP contribution in [0.4, 0.5) is 10.1 Å². The van der Waals surface area contributed by atoms with Crippen LogP contribution in [0.3, 0.4) is 0 Å². The fourth-order valence-electron chi connectivity index (χ4n) is 3.23. The van der Waals surface area contributed by atoms with Crippen molar-refractivity contribution < 1.29 is 18.3 Å². The summed E-state index contributed by atoms with van der Waals surface area (Å²) in [5, 5.41) is 7.99. The van der Waals surface area contributed by atoms with Gasteiger partial charge in [0.2, 0.25) is 0 Å². The van der Waals surface area contributed by atoms with E-state index < -0.39 is 0 Å². The van der Waals surface area contributed by atoms with Gasteiger partial charge in [0, 0.05) is 5.02 Å². The third-order valence-corrected chi connectivity index (χ3v) is 5.20. The monoisotopic (exact) mass is 453 g/mol. The average Bonchev–Trinajstić information content (AvgIpc) is 3.35. The lowest BCUT2D eigenvalue weighted by molar-refractivity contribution is 0.0992. The van der Waals surface area contributed by atoms with Crippen LogP contribution in [0.2, 0.25) is 5.02 Å². The minimum atomic E-state index is -0.379. The molecule has 1 N–H and O–H groups in total. The van der Waals surface area contributed by atoms with Gasteiger partial charge >= 0.3 is 0 Å². The minimum absolute atomic E-state index is 0.171. The second kappa shape index (κ2) is 9.28. The van der Waals surface area contributed by atoms with Crippen molar-refractivity contribution in [2.24, 2.45) is 0 Å². The molecule has 2 aromatic carbocycles. The summed E-state index contributed by atoms with van der Waals surface area (Å²) >= 11 is 5.87. The lowest BCUT2D eigenvalue weighted by atomic mass is 10.2. The standard InChI is InChI=1S/C24H21ClFN3O3/c1-15-23(16(2)29(28-15)13-17-3-7-19(26)8-4-17)27-24(30)22-12-11-21(32-22)14-31-20-9-5-18(25)6-10-20/h3-12H,13-14H2,1-2H3,(H,27,30). The van der Waals surface area contributed by atoms with Gasteiger partial charge in [0.1, 0.15) is 23.9 Å². The zero-order chi connectivity index (χ0) is 22.7. The highest BCUT2D eigenvalue weighted by molar-refractivity contribution is 6.30. The van der Waals surface area contributed by atoms with Crippen LogP contribution in [-0.2, 0) is 13.2 Å². The van der Waals surface area contributed by atoms with Gasteiger partial charge in [-0.05, 0) is 67.9 Å². The van der Waals surface area contributed by atoms with Gasteiger partial charge in [0.05, 0.1) is 23.6 Å². The molecule has 0 radical (unpaired) electrons. The summed E-state index contributed by atoms with van der Waals surface area (Å²) in [4.78, 5) is 12.7. The van der Waals surface area contributed by atoms with Crippen LogP contribution in [-0.4, -0.2) is 15.7 Å². The first-order valence-electron chi connectivity index (χ1n) is 9.96. The molecular weight excluding hydrogens is 433 g/mol. The van der Waals surface area contributed by atoms with Crippen LogP contribution in [0.25, 0.3) is 0 Å². The number of nitrogens with zero attached hydrogens (tertiary/aromatic N) is 2. The van der Waals surface area contributed by atoms with Crippen molar-refractivity contribution in [2.75, 3.05) is 5.32 Å². The third-order valence-electron chi connectivity index (χ3n) is 4.95. The number of amides is 1. The maximum atomic E-state index is 13.1. The zero-order valence-electron chi connectivity index (χ0n) is 17.6. The second-order valence-electron chi connectivity index (χ2n) is 7.29. The van der Waals surface area contributed by atoms with E-state index in [0.717, 1.165) is 11.3 Å². The first-order valence-corrected chi connectivity index (χ1v) is 10.3. The van der Waals surface area contributed by atoms with Gasteiger partial charge in [-0.1, -0.05) is 23.7 Å². The number of nitrogens with one attached hydrogen (secondary N) is 1. The van der Waals surface area contributed by atoms with Crippen LogP contribution in [0.1, 0.15) is 33.3 Å². The SMILES string of the molecule is Cc1nn(Cc2ccc(F)cc2)c(C)c1NC(=O)c1ccc(COc2ccc(Cl)cc2)o1. The van der Waals surface area contributed by atoms with E-state index in [9.17, 15) is 9.18 Å². The molecule has 0 fully saturated rings. The summed E-state index contributed by atoms with van der Waals surface area (Å²) in [6.45, 7) is 4.34. The molecule has 0 aliphatic heterocycles. The van der Waals surface area contributed by atoms with E-state index in [1.54, 1.807) is 53.2 Å². The van der Waals surface area contributed by atoms with Gasteiger partial charge < -0.3 is 14.5 Å². The summed E-state index contributed by atoms with van der Waals surface area (Å²) in [6, 6.07) is 16.5. The minimum Gasteiger partial charge on any atom is -0.486 e. The molecule has 2 heterocycles. The Morgan fingerprint density at radius 3 is 2.53 bits per heavy atom. The lowest BCUT2D eigenvalue weighted by Gasteiger charge is -2.07. The van der Waals surface area contributed by atoms with Crippen molar-refractivity contribution in [1.29, 1.82) is 0 Å². The number of hydrogen-bond acceptors (Lipinski definition) is 4. The van der Waals surface area contributed by atoms with E-state index >= 15 is 0 Å². The molecule has 0 spiro atoms. The summed E-state index contributed by atoms with van der Waals surface area (Å²) in [5.74, 6) is 0.675. The zero-order valence-corrected chi connectivity index (χ0v) is 18.3. The molecular formula is C24H21ClFN3O3. The Bertz CT molecular complexity index is 1230. The first-order chi connectivity index (χ1) is 15.4. The fourth-order valence-corrected chi connectivity index (χ4v) is 3.36. The Labute approximate surface area is 189 Å². The topological polar surface area (TPSA) is 69.3 Å². The maximum Gasteiger partial charge on any atom is 0.291 e. The maximum absolute atomic E-state index is 13.1. The highest BCUT2D eigenvalue weighted by Crippen LogP contribution is 2.22. The van der Waals surface area contributed by atoms with Crippen molar-refractivity contribution in [3.05, 3.63) is 100.0 Å². The summed E-state index contributed by atoms with van der Waals surface area (Å²) in [7, 11) is 0. The molecule has 164 valence electrons. The molecule has 1 amide bonds. The third kappa shape index (κ3) is 5.00. The van der Waals surface area contributed by atoms with E-state index in [-0.39, 0.29) is 24.1 Å². The van der Waals surface area contributed by atoms with E-state index in [0.29, 0.717) is 34.5 Å². The predicted octanol–water partition coefficient (Wildman–Crippen LogP) is 5.77. The van der Waals surface area contributed by atoms with E-state index in [2.05, 4.69) is 10.4 Å². The van der Waals surface area contributed by atoms with Crippen LogP contribution in [0.5, 0.6) is 5.75 Å². The van der Waals surface area contributed by atoms with E-state index in [4.69, 9.17) is 20.8 Å². The van der Waals surface area contributed by atoms with Crippen molar-refractivity contribution in [3.63, 3.8) is 0 Å². The molecule has 0 saturated carbocycles. The van der Waals surface area contributed by atoms with Gasteiger partial charge in [-0.15, -0.1) is 0 Å². The number of halogens is 2. The largest absolute Gasteiger partial charge is 0.486 e. The molecule has 4 aromatic rings. The Morgan fingerprint density at radius 1 is 1.09 bits per heavy atom. The fraction of sp³-hybridized carbons (Fsp3) is 0.167. The lowest BCUT2D eigenvalue weighted by Crippen LogP contribution is -2.12. The molecule has 0 unspecified atom stereocenters. The first kappa shape index (κ1) is 21.6. The number of hydrogen-bond donors (Lipinski definition) is 1. The Hall–Kier alpha value is -3.58. The summed E-state index contributed by atoms with van der Waals surface area (Å²) in [5.41, 5.74) is 2.99. The molecule has 4 rings (SSSR count). The van der Waals surface area contributed by atoms with E-state index in [1.807, 2.05) is 13.8 Å².